The Morgan fingerprint density at radius 3 is 2.85 bits per heavy atom. The summed E-state index contributed by atoms with van der Waals surface area (Å²) in [6.07, 6.45) is 4.89. The Bertz CT molecular complexity index is 592. The predicted molar refractivity (Wildman–Crippen MR) is 109 cm³/mol. The Morgan fingerprint density at radius 2 is 2.19 bits per heavy atom. The lowest BCUT2D eigenvalue weighted by atomic mass is 10.1. The van der Waals surface area contributed by atoms with Gasteiger partial charge in [0.05, 0.1) is 6.26 Å². The molecule has 1 fully saturated rings. The molecule has 2 rings (SSSR count). The first-order chi connectivity index (χ1) is 12.9. The van der Waals surface area contributed by atoms with E-state index in [1.165, 1.54) is 12.8 Å². The van der Waals surface area contributed by atoms with Crippen molar-refractivity contribution in [1.82, 2.24) is 20.9 Å². The van der Waals surface area contributed by atoms with Crippen molar-refractivity contribution in [3.8, 4) is 0 Å². The molecule has 0 aromatic carbocycles. The highest BCUT2D eigenvalue weighted by Crippen LogP contribution is 2.15. The Balaban J connectivity index is 1.87. The van der Waals surface area contributed by atoms with E-state index in [9.17, 15) is 4.79 Å². The third-order valence-corrected chi connectivity index (χ3v) is 4.55. The van der Waals surface area contributed by atoms with Gasteiger partial charge in [-0.2, -0.15) is 0 Å². The van der Waals surface area contributed by atoms with Crippen molar-refractivity contribution < 1.29 is 9.21 Å². The predicted octanol–water partition coefficient (Wildman–Crippen LogP) is 1.76. The van der Waals surface area contributed by atoms with E-state index in [1.807, 2.05) is 32.9 Å². The van der Waals surface area contributed by atoms with E-state index in [0.29, 0.717) is 18.5 Å². The second-order valence-corrected chi connectivity index (χ2v) is 8.02. The van der Waals surface area contributed by atoms with Gasteiger partial charge in [-0.05, 0) is 58.8 Å². The number of carbonyl (C=O) groups excluding carboxylic acids is 1. The molecule has 1 aliphatic heterocycles. The third kappa shape index (κ3) is 8.03. The number of aliphatic imine (C=N–C) groups is 1. The minimum absolute atomic E-state index is 0.0781. The van der Waals surface area contributed by atoms with Crippen LogP contribution in [0.3, 0.4) is 0 Å². The maximum Gasteiger partial charge on any atom is 0.242 e. The van der Waals surface area contributed by atoms with Crippen molar-refractivity contribution in [2.24, 2.45) is 4.99 Å². The molecular formula is C20H35N5O2. The number of hydrogen-bond acceptors (Lipinski definition) is 4. The second kappa shape index (κ2) is 10.3. The van der Waals surface area contributed by atoms with Crippen LogP contribution in [0.1, 0.15) is 46.3 Å². The zero-order valence-electron chi connectivity index (χ0n) is 17.2. The van der Waals surface area contributed by atoms with Gasteiger partial charge in [0, 0.05) is 31.1 Å². The van der Waals surface area contributed by atoms with Crippen LogP contribution in [-0.2, 0) is 11.2 Å². The number of likely N-dealkylation sites (N-methyl/N-ethyl adjacent to an activating group) is 1. The topological polar surface area (TPSA) is 81.9 Å². The molecule has 1 atom stereocenters. The number of guanidine groups is 1. The number of rotatable bonds is 8. The number of amides is 1. The summed E-state index contributed by atoms with van der Waals surface area (Å²) in [7, 11) is 0. The van der Waals surface area contributed by atoms with E-state index in [-0.39, 0.29) is 18.0 Å². The summed E-state index contributed by atoms with van der Waals surface area (Å²) >= 11 is 0. The van der Waals surface area contributed by atoms with Gasteiger partial charge < -0.3 is 20.4 Å². The number of carbonyl (C=O) groups is 1. The van der Waals surface area contributed by atoms with Crippen molar-refractivity contribution in [3.05, 3.63) is 24.2 Å². The van der Waals surface area contributed by atoms with Crippen LogP contribution >= 0.6 is 0 Å². The fourth-order valence-electron chi connectivity index (χ4n) is 3.30. The van der Waals surface area contributed by atoms with Gasteiger partial charge in [0.2, 0.25) is 5.91 Å². The molecule has 3 N–H and O–H groups in total. The molecule has 7 heteroatoms. The van der Waals surface area contributed by atoms with Crippen LogP contribution in [0.4, 0.5) is 0 Å². The Labute approximate surface area is 163 Å². The molecule has 1 amide bonds. The molecule has 0 spiro atoms. The lowest BCUT2D eigenvalue weighted by Crippen LogP contribution is -2.46. The smallest absolute Gasteiger partial charge is 0.242 e. The summed E-state index contributed by atoms with van der Waals surface area (Å²) in [4.78, 5) is 19.0. The summed E-state index contributed by atoms with van der Waals surface area (Å²) in [5.41, 5.74) is -0.252. The summed E-state index contributed by atoms with van der Waals surface area (Å²) in [6.45, 7) is 12.0. The Kier molecular flexibility index (Phi) is 8.16. The zero-order chi connectivity index (χ0) is 19.7. The maximum absolute atomic E-state index is 12.1. The Hall–Kier alpha value is -2.02. The summed E-state index contributed by atoms with van der Waals surface area (Å²) in [6, 6.07) is 4.37. The summed E-state index contributed by atoms with van der Waals surface area (Å²) < 4.78 is 5.37. The van der Waals surface area contributed by atoms with Gasteiger partial charge in [0.25, 0.3) is 0 Å². The van der Waals surface area contributed by atoms with Crippen molar-refractivity contribution in [3.63, 3.8) is 0 Å². The first-order valence-corrected chi connectivity index (χ1v) is 9.97. The second-order valence-electron chi connectivity index (χ2n) is 8.02. The van der Waals surface area contributed by atoms with Crippen LogP contribution in [0.2, 0.25) is 0 Å². The molecular weight excluding hydrogens is 342 g/mol. The monoisotopic (exact) mass is 377 g/mol. The van der Waals surface area contributed by atoms with Crippen LogP contribution in [0.15, 0.2) is 27.8 Å². The number of nitrogens with zero attached hydrogens (tertiary/aromatic N) is 2. The third-order valence-electron chi connectivity index (χ3n) is 4.55. The molecule has 152 valence electrons. The van der Waals surface area contributed by atoms with Crippen LogP contribution in [0.5, 0.6) is 0 Å². The van der Waals surface area contributed by atoms with Crippen molar-refractivity contribution in [2.45, 2.75) is 58.5 Å². The molecule has 1 aromatic heterocycles. The minimum Gasteiger partial charge on any atom is -0.469 e. The van der Waals surface area contributed by atoms with Gasteiger partial charge in [-0.25, -0.2) is 4.99 Å². The van der Waals surface area contributed by atoms with E-state index in [0.717, 1.165) is 31.8 Å². The van der Waals surface area contributed by atoms with Gasteiger partial charge in [0.1, 0.15) is 12.3 Å². The van der Waals surface area contributed by atoms with E-state index < -0.39 is 0 Å². The summed E-state index contributed by atoms with van der Waals surface area (Å²) in [5.74, 6) is 1.53. The average Bonchev–Trinajstić information content (AvgIpc) is 3.26. The van der Waals surface area contributed by atoms with E-state index in [1.54, 1.807) is 6.26 Å². The van der Waals surface area contributed by atoms with E-state index in [4.69, 9.17) is 4.42 Å². The lowest BCUT2D eigenvalue weighted by Gasteiger charge is -2.24. The molecule has 0 saturated carbocycles. The van der Waals surface area contributed by atoms with Crippen molar-refractivity contribution >= 4 is 11.9 Å². The van der Waals surface area contributed by atoms with Gasteiger partial charge in [-0.3, -0.25) is 9.69 Å². The fraction of sp³-hybridized carbons (Fsp3) is 0.700. The number of furan rings is 1. The maximum atomic E-state index is 12.1. The molecule has 1 saturated heterocycles. The zero-order valence-corrected chi connectivity index (χ0v) is 17.2. The molecule has 2 heterocycles. The first-order valence-electron chi connectivity index (χ1n) is 9.97. The standard InChI is InChI=1S/C20H35N5O2/c1-5-25-12-6-8-16(25)14-22-19(21-11-10-17-9-7-13-27-17)23-15-18(26)24-20(2,3)4/h7,9,13,16H,5-6,8,10-12,14-15H2,1-4H3,(H,24,26)(H2,21,22,23). The highest BCUT2D eigenvalue weighted by molar-refractivity contribution is 5.85. The highest BCUT2D eigenvalue weighted by atomic mass is 16.3. The average molecular weight is 378 g/mol. The van der Waals surface area contributed by atoms with Gasteiger partial charge >= 0.3 is 0 Å². The van der Waals surface area contributed by atoms with Crippen LogP contribution in [-0.4, -0.2) is 61.1 Å². The first kappa shape index (κ1) is 21.3. The van der Waals surface area contributed by atoms with Gasteiger partial charge in [0.15, 0.2) is 5.96 Å². The normalized spacial score (nSPS) is 18.5. The SMILES string of the molecule is CCN1CCCC1CNC(=NCC(=O)NC(C)(C)C)NCCc1ccco1. The van der Waals surface area contributed by atoms with Crippen LogP contribution in [0, 0.1) is 0 Å². The van der Waals surface area contributed by atoms with Gasteiger partial charge in [-0.15, -0.1) is 0 Å². The minimum atomic E-state index is -0.252. The molecule has 0 aliphatic carbocycles. The molecule has 1 aliphatic rings. The number of nitrogens with one attached hydrogen (secondary N) is 3. The number of likely N-dealkylation sites (tertiary alicyclic amines) is 1. The molecule has 7 nitrogen and oxygen atoms in total. The van der Waals surface area contributed by atoms with E-state index in [2.05, 4.69) is 32.8 Å². The largest absolute Gasteiger partial charge is 0.469 e. The van der Waals surface area contributed by atoms with Crippen molar-refractivity contribution in [1.29, 1.82) is 0 Å². The molecule has 0 bridgehead atoms. The molecule has 27 heavy (non-hydrogen) atoms. The number of hydrogen-bond donors (Lipinski definition) is 3. The van der Waals surface area contributed by atoms with Gasteiger partial charge in [-0.1, -0.05) is 6.92 Å². The van der Waals surface area contributed by atoms with Crippen LogP contribution in [0.25, 0.3) is 0 Å². The highest BCUT2D eigenvalue weighted by Gasteiger charge is 2.23. The summed E-state index contributed by atoms with van der Waals surface area (Å²) in [5, 5.41) is 9.67. The fourth-order valence-corrected chi connectivity index (χ4v) is 3.30. The van der Waals surface area contributed by atoms with Crippen LogP contribution < -0.4 is 16.0 Å². The van der Waals surface area contributed by atoms with Crippen molar-refractivity contribution in [2.75, 3.05) is 32.7 Å². The molecule has 1 unspecified atom stereocenters. The quantitative estimate of drug-likeness (QED) is 0.475. The Morgan fingerprint density at radius 1 is 1.37 bits per heavy atom. The molecule has 0 radical (unpaired) electrons. The van der Waals surface area contributed by atoms with E-state index >= 15 is 0 Å². The molecule has 1 aromatic rings. The lowest BCUT2D eigenvalue weighted by molar-refractivity contribution is -0.121.